The Morgan fingerprint density at radius 1 is 0.780 bits per heavy atom. The third-order valence-corrected chi connectivity index (χ3v) is 5.29. The van der Waals surface area contributed by atoms with E-state index in [2.05, 4.69) is 38.5 Å². The number of carbonyl (C=O) groups is 2. The zero-order chi connectivity index (χ0) is 29.5. The van der Waals surface area contributed by atoms with Gasteiger partial charge in [0.05, 0.1) is 11.9 Å². The van der Waals surface area contributed by atoms with Crippen molar-refractivity contribution in [3.63, 3.8) is 0 Å². The molecule has 0 heterocycles. The number of rotatable bonds is 10. The van der Waals surface area contributed by atoms with Crippen LogP contribution in [0.2, 0.25) is 0 Å². The predicted molar refractivity (Wildman–Crippen MR) is 166 cm³/mol. The van der Waals surface area contributed by atoms with Gasteiger partial charge in [-0.05, 0) is 104 Å². The molecule has 2 amide bonds. The molecule has 1 N–H and O–H groups in total. The standard InChI is InChI=1S/C30H30N4O3.CCl2O/c1-33(2)21-22-36-27-17-13-25(14-18-27)32-30(35)34(31-23-24-9-5-3-6-10-24)26-15-19-29(20-16-26)37-28-11-7-4-8-12-28;2-1(3)4/h3-20,23H,21-22H2,1-2H3,(H,32,35);. The molecule has 0 unspecified atom stereocenters. The number of para-hydroxylation sites is 1. The van der Waals surface area contributed by atoms with E-state index >= 15 is 0 Å². The SMILES string of the molecule is CN(C)CCOc1ccc(NC(=O)N(N=Cc2ccccc2)c2ccc(Oc3ccccc3)cc2)cc1.O=C(Cl)Cl. The first-order chi connectivity index (χ1) is 19.8. The largest absolute Gasteiger partial charge is 0.492 e. The number of hydrogen-bond acceptors (Lipinski definition) is 6. The average Bonchev–Trinajstić information content (AvgIpc) is 2.96. The first-order valence-electron chi connectivity index (χ1n) is 12.6. The van der Waals surface area contributed by atoms with Crippen molar-refractivity contribution < 1.29 is 19.1 Å². The molecule has 0 saturated carbocycles. The van der Waals surface area contributed by atoms with Gasteiger partial charge in [0.2, 0.25) is 0 Å². The van der Waals surface area contributed by atoms with Gasteiger partial charge in [-0.25, -0.2) is 4.79 Å². The number of ether oxygens (including phenoxy) is 2. The smallest absolute Gasteiger partial charge is 0.347 e. The van der Waals surface area contributed by atoms with E-state index in [4.69, 9.17) is 14.3 Å². The molecule has 0 radical (unpaired) electrons. The number of carbonyl (C=O) groups excluding carboxylic acids is 2. The predicted octanol–water partition coefficient (Wildman–Crippen LogP) is 8.08. The van der Waals surface area contributed by atoms with Gasteiger partial charge in [0.1, 0.15) is 23.9 Å². The summed E-state index contributed by atoms with van der Waals surface area (Å²) in [6, 6.07) is 33.2. The van der Waals surface area contributed by atoms with Crippen LogP contribution in [0.3, 0.4) is 0 Å². The lowest BCUT2D eigenvalue weighted by Crippen LogP contribution is -2.30. The first-order valence-corrected chi connectivity index (χ1v) is 13.3. The van der Waals surface area contributed by atoms with Crippen molar-refractivity contribution in [3.05, 3.63) is 115 Å². The van der Waals surface area contributed by atoms with Gasteiger partial charge in [0, 0.05) is 12.2 Å². The average molecular weight is 594 g/mol. The van der Waals surface area contributed by atoms with Gasteiger partial charge in [-0.1, -0.05) is 48.5 Å². The van der Waals surface area contributed by atoms with E-state index in [1.807, 2.05) is 86.9 Å². The van der Waals surface area contributed by atoms with E-state index in [0.29, 0.717) is 23.7 Å². The van der Waals surface area contributed by atoms with Crippen LogP contribution in [0.4, 0.5) is 21.0 Å². The number of amides is 2. The van der Waals surface area contributed by atoms with Crippen LogP contribution in [0.15, 0.2) is 114 Å². The van der Waals surface area contributed by atoms with Crippen LogP contribution in [0.1, 0.15) is 5.56 Å². The Bertz CT molecular complexity index is 1380. The normalized spacial score (nSPS) is 10.5. The molecule has 0 fully saturated rings. The molecule has 0 atom stereocenters. The van der Waals surface area contributed by atoms with Gasteiger partial charge in [0.25, 0.3) is 0 Å². The number of anilines is 2. The number of benzene rings is 4. The fraction of sp³-hybridized carbons (Fsp3) is 0.129. The highest BCUT2D eigenvalue weighted by atomic mass is 35.5. The highest BCUT2D eigenvalue weighted by molar-refractivity contribution is 6.93. The fourth-order valence-electron chi connectivity index (χ4n) is 3.34. The van der Waals surface area contributed by atoms with Crippen LogP contribution in [-0.4, -0.2) is 49.1 Å². The Balaban J connectivity index is 0.00000108. The van der Waals surface area contributed by atoms with Crippen molar-refractivity contribution in [3.8, 4) is 17.2 Å². The fourth-order valence-corrected chi connectivity index (χ4v) is 3.34. The molecule has 41 heavy (non-hydrogen) atoms. The van der Waals surface area contributed by atoms with Crippen molar-refractivity contribution in [1.82, 2.24) is 4.90 Å². The summed E-state index contributed by atoms with van der Waals surface area (Å²) in [6.07, 6.45) is 1.65. The number of halogens is 2. The lowest BCUT2D eigenvalue weighted by molar-refractivity contribution is 0.257. The summed E-state index contributed by atoms with van der Waals surface area (Å²) in [5.41, 5.74) is 2.10. The minimum atomic E-state index is -0.889. The van der Waals surface area contributed by atoms with Crippen molar-refractivity contribution in [1.29, 1.82) is 0 Å². The van der Waals surface area contributed by atoms with Crippen molar-refractivity contribution in [2.45, 2.75) is 0 Å². The zero-order valence-electron chi connectivity index (χ0n) is 22.6. The Labute approximate surface area is 249 Å². The lowest BCUT2D eigenvalue weighted by atomic mass is 10.2. The number of hydrazone groups is 1. The number of hydrogen-bond donors (Lipinski definition) is 1. The second-order valence-corrected chi connectivity index (χ2v) is 9.59. The molecule has 0 bridgehead atoms. The third kappa shape index (κ3) is 11.7. The zero-order valence-corrected chi connectivity index (χ0v) is 24.1. The van der Waals surface area contributed by atoms with E-state index < -0.39 is 10.7 Å². The molecule has 4 aromatic rings. The Kier molecular flexibility index (Phi) is 12.7. The number of nitrogens with one attached hydrogen (secondary N) is 1. The molecule has 0 aliphatic carbocycles. The minimum absolute atomic E-state index is 0.398. The van der Waals surface area contributed by atoms with Crippen LogP contribution in [0.25, 0.3) is 0 Å². The number of likely N-dealkylation sites (N-methyl/N-ethyl adjacent to an activating group) is 1. The monoisotopic (exact) mass is 592 g/mol. The molecule has 0 aliphatic rings. The molecule has 212 valence electrons. The van der Waals surface area contributed by atoms with E-state index in [-0.39, 0.29) is 0 Å². The summed E-state index contributed by atoms with van der Waals surface area (Å²) < 4.78 is 10.7. The van der Waals surface area contributed by atoms with Crippen LogP contribution < -0.4 is 19.8 Å². The van der Waals surface area contributed by atoms with Crippen molar-refractivity contribution in [2.24, 2.45) is 5.10 Å². The van der Waals surface area contributed by atoms with Gasteiger partial charge in [-0.15, -0.1) is 0 Å². The summed E-state index contributed by atoms with van der Waals surface area (Å²) in [4.78, 5) is 24.3. The summed E-state index contributed by atoms with van der Waals surface area (Å²) in [5, 5.41) is 8.71. The Morgan fingerprint density at radius 2 is 1.32 bits per heavy atom. The van der Waals surface area contributed by atoms with E-state index in [1.165, 1.54) is 5.01 Å². The van der Waals surface area contributed by atoms with E-state index in [1.54, 1.807) is 42.6 Å². The van der Waals surface area contributed by atoms with Crippen molar-refractivity contribution in [2.75, 3.05) is 37.6 Å². The molecule has 10 heteroatoms. The maximum atomic E-state index is 13.3. The Morgan fingerprint density at radius 3 is 1.90 bits per heavy atom. The number of nitrogens with zero attached hydrogens (tertiary/aromatic N) is 3. The second-order valence-electron chi connectivity index (χ2n) is 8.71. The molecule has 4 aromatic carbocycles. The summed E-state index contributed by atoms with van der Waals surface area (Å²) in [7, 11) is 4.00. The van der Waals surface area contributed by atoms with Gasteiger partial charge in [0.15, 0.2) is 0 Å². The summed E-state index contributed by atoms with van der Waals surface area (Å²) in [6.45, 7) is 1.41. The molecular weight excluding hydrogens is 563 g/mol. The molecule has 0 spiro atoms. The maximum Gasteiger partial charge on any atom is 0.347 e. The maximum absolute atomic E-state index is 13.3. The molecular formula is C31H30Cl2N4O4. The van der Waals surface area contributed by atoms with Gasteiger partial charge >= 0.3 is 10.7 Å². The summed E-state index contributed by atoms with van der Waals surface area (Å²) in [5.74, 6) is 2.14. The van der Waals surface area contributed by atoms with Gasteiger partial charge < -0.3 is 19.7 Å². The second kappa shape index (κ2) is 16.7. The van der Waals surface area contributed by atoms with Crippen LogP contribution in [0, 0.1) is 0 Å². The summed E-state index contributed by atoms with van der Waals surface area (Å²) >= 11 is 8.80. The van der Waals surface area contributed by atoms with E-state index in [0.717, 1.165) is 23.6 Å². The van der Waals surface area contributed by atoms with Crippen LogP contribution in [-0.2, 0) is 0 Å². The molecule has 0 aliphatic heterocycles. The van der Waals surface area contributed by atoms with Gasteiger partial charge in [-0.3, -0.25) is 4.79 Å². The quantitative estimate of drug-likeness (QED) is 0.114. The Hall–Kier alpha value is -4.37. The molecule has 4 rings (SSSR count). The van der Waals surface area contributed by atoms with Crippen LogP contribution in [0.5, 0.6) is 17.2 Å². The minimum Gasteiger partial charge on any atom is -0.492 e. The first kappa shape index (κ1) is 31.2. The number of urea groups is 1. The highest BCUT2D eigenvalue weighted by Gasteiger charge is 2.16. The van der Waals surface area contributed by atoms with E-state index in [9.17, 15) is 4.79 Å². The van der Waals surface area contributed by atoms with Crippen LogP contribution >= 0.6 is 23.2 Å². The van der Waals surface area contributed by atoms with Crippen molar-refractivity contribution >= 4 is 51.5 Å². The molecule has 0 aromatic heterocycles. The highest BCUT2D eigenvalue weighted by Crippen LogP contribution is 2.25. The third-order valence-electron chi connectivity index (χ3n) is 5.29. The lowest BCUT2D eigenvalue weighted by Gasteiger charge is -2.19. The van der Waals surface area contributed by atoms with Gasteiger partial charge in [-0.2, -0.15) is 10.1 Å². The topological polar surface area (TPSA) is 83.5 Å². The molecule has 8 nitrogen and oxygen atoms in total. The molecule has 0 saturated heterocycles.